The molecule has 0 fully saturated rings. The van der Waals surface area contributed by atoms with Gasteiger partial charge in [-0.15, -0.1) is 15.0 Å². The molecule has 0 saturated carbocycles. The van der Waals surface area contributed by atoms with Crippen LogP contribution in [0.4, 0.5) is 17.1 Å². The fraction of sp³-hybridized carbons (Fsp3) is 0. The lowest BCUT2D eigenvalue weighted by Gasteiger charge is -2.00. The second-order valence-corrected chi connectivity index (χ2v) is 5.16. The van der Waals surface area contributed by atoms with Gasteiger partial charge < -0.3 is 0 Å². The van der Waals surface area contributed by atoms with Crippen molar-refractivity contribution >= 4 is 39.1 Å². The van der Waals surface area contributed by atoms with E-state index in [1.54, 1.807) is 0 Å². The van der Waals surface area contributed by atoms with Gasteiger partial charge in [0.2, 0.25) is 5.52 Å². The summed E-state index contributed by atoms with van der Waals surface area (Å²) in [6.45, 7) is 0. The molecule has 0 spiro atoms. The van der Waals surface area contributed by atoms with Gasteiger partial charge in [-0.1, -0.05) is 0 Å². The lowest BCUT2D eigenvalue weighted by atomic mass is 10.2. The largest absolute Gasteiger partial charge is 0.303 e. The zero-order valence-corrected chi connectivity index (χ0v) is 12.7. The molecule has 0 bridgehead atoms. The summed E-state index contributed by atoms with van der Waals surface area (Å²) in [6, 6.07) is 3.98. The maximum absolute atomic E-state index is 11.3. The first-order valence-electron chi connectivity index (χ1n) is 6.96. The van der Waals surface area contributed by atoms with Crippen molar-refractivity contribution in [3.8, 4) is 5.69 Å². The highest BCUT2D eigenvalue weighted by molar-refractivity contribution is 6.03. The van der Waals surface area contributed by atoms with Crippen LogP contribution in [0.2, 0.25) is 0 Å². The molecule has 0 saturated heterocycles. The van der Waals surface area contributed by atoms with E-state index in [1.165, 1.54) is 0 Å². The second kappa shape index (κ2) is 5.48. The summed E-state index contributed by atoms with van der Waals surface area (Å²) in [4.78, 5) is 31.8. The van der Waals surface area contributed by atoms with Gasteiger partial charge in [-0.25, -0.2) is 4.63 Å². The van der Waals surface area contributed by atoms with Gasteiger partial charge in [0, 0.05) is 12.1 Å². The molecule has 134 valence electrons. The molecule has 15 nitrogen and oxygen atoms in total. The van der Waals surface area contributed by atoms with Crippen LogP contribution in [0.15, 0.2) is 28.9 Å². The molecule has 0 amide bonds. The zero-order chi connectivity index (χ0) is 19.3. The number of hydrogen-bond acceptors (Lipinski definition) is 11. The van der Waals surface area contributed by atoms with Crippen LogP contribution in [0.1, 0.15) is 0 Å². The van der Waals surface area contributed by atoms with E-state index in [0.29, 0.717) is 0 Å². The number of nitro groups is 3. The Morgan fingerprint density at radius 1 is 0.815 bits per heavy atom. The number of nitrogens with zero attached hydrogens (tertiary/aromatic N) is 8. The molecule has 2 aromatic carbocycles. The molecule has 15 heteroatoms. The quantitative estimate of drug-likeness (QED) is 0.372. The van der Waals surface area contributed by atoms with Crippen molar-refractivity contribution in [1.29, 1.82) is 0 Å². The van der Waals surface area contributed by atoms with Crippen molar-refractivity contribution in [3.63, 3.8) is 0 Å². The number of non-ortho nitro benzene ring substituents is 2. The van der Waals surface area contributed by atoms with Gasteiger partial charge in [0.05, 0.1) is 20.8 Å². The fourth-order valence-corrected chi connectivity index (χ4v) is 2.48. The van der Waals surface area contributed by atoms with Crippen molar-refractivity contribution in [2.24, 2.45) is 0 Å². The Labute approximate surface area is 145 Å². The molecule has 0 aliphatic rings. The van der Waals surface area contributed by atoms with Crippen molar-refractivity contribution in [2.75, 3.05) is 0 Å². The van der Waals surface area contributed by atoms with E-state index < -0.39 is 31.8 Å². The lowest BCUT2D eigenvalue weighted by molar-refractivity contribution is -0.394. The van der Waals surface area contributed by atoms with Gasteiger partial charge in [-0.2, -0.15) is 0 Å². The average Bonchev–Trinajstić information content (AvgIpc) is 3.26. The Balaban J connectivity index is 1.99. The van der Waals surface area contributed by atoms with E-state index in [-0.39, 0.29) is 27.8 Å². The smallest absolute Gasteiger partial charge is 0.258 e. The molecule has 0 atom stereocenters. The molecule has 0 aliphatic heterocycles. The van der Waals surface area contributed by atoms with Crippen LogP contribution in [0.5, 0.6) is 0 Å². The molecule has 0 N–H and O–H groups in total. The molecule has 0 aliphatic carbocycles. The first-order valence-corrected chi connectivity index (χ1v) is 6.96. The van der Waals surface area contributed by atoms with Gasteiger partial charge in [-0.3, -0.25) is 30.3 Å². The van der Waals surface area contributed by atoms with E-state index in [2.05, 4.69) is 25.1 Å². The van der Waals surface area contributed by atoms with Gasteiger partial charge in [0.1, 0.15) is 11.0 Å². The maximum atomic E-state index is 11.3. The summed E-state index contributed by atoms with van der Waals surface area (Å²) < 4.78 is 4.52. The van der Waals surface area contributed by atoms with Gasteiger partial charge in [0.25, 0.3) is 5.69 Å². The molecule has 0 unspecified atom stereocenters. The van der Waals surface area contributed by atoms with E-state index in [0.717, 1.165) is 29.1 Å². The number of fused-ring (bicyclic) bond motifs is 3. The maximum Gasteiger partial charge on any atom is 0.303 e. The number of rotatable bonds is 4. The Morgan fingerprint density at radius 2 is 1.52 bits per heavy atom. The zero-order valence-electron chi connectivity index (χ0n) is 12.7. The van der Waals surface area contributed by atoms with E-state index in [1.807, 2.05) is 0 Å². The molecule has 0 radical (unpaired) electrons. The first-order chi connectivity index (χ1) is 12.9. The molecular weight excluding hydrogens is 368 g/mol. The monoisotopic (exact) mass is 372 g/mol. The highest BCUT2D eigenvalue weighted by Crippen LogP contribution is 2.31. The van der Waals surface area contributed by atoms with Crippen LogP contribution in [0.25, 0.3) is 27.8 Å². The standard InChI is InChI=1S/C12H4N8O7/c21-18(22)5-1-2-7(8(3-5)19(23)24)17-13-6-4-9(20(25)26)11-12(10(6)14-17)16-27-15-11/h1-4H. The van der Waals surface area contributed by atoms with Crippen LogP contribution in [-0.4, -0.2) is 40.1 Å². The Hall–Kier alpha value is -4.56. The third-order valence-electron chi connectivity index (χ3n) is 3.65. The van der Waals surface area contributed by atoms with Crippen LogP contribution in [-0.2, 0) is 0 Å². The summed E-state index contributed by atoms with van der Waals surface area (Å²) in [5, 5.41) is 48.4. The minimum atomic E-state index is -0.827. The molecule has 2 heterocycles. The van der Waals surface area contributed by atoms with Crippen LogP contribution >= 0.6 is 0 Å². The Bertz CT molecular complexity index is 1280. The number of aromatic nitrogens is 5. The second-order valence-electron chi connectivity index (χ2n) is 5.16. The normalized spacial score (nSPS) is 11.1. The van der Waals surface area contributed by atoms with E-state index in [4.69, 9.17) is 0 Å². The summed E-state index contributed by atoms with van der Waals surface area (Å²) in [6.07, 6.45) is 0. The lowest BCUT2D eigenvalue weighted by Crippen LogP contribution is -2.04. The molecule has 2 aromatic heterocycles. The number of nitro benzene ring substituents is 3. The highest BCUT2D eigenvalue weighted by atomic mass is 16.6. The van der Waals surface area contributed by atoms with Gasteiger partial charge in [0.15, 0.2) is 11.2 Å². The summed E-state index contributed by atoms with van der Waals surface area (Å²) in [5.41, 5.74) is -1.83. The minimum Gasteiger partial charge on any atom is -0.258 e. The third-order valence-corrected chi connectivity index (χ3v) is 3.65. The van der Waals surface area contributed by atoms with Crippen molar-refractivity contribution in [1.82, 2.24) is 25.3 Å². The Kier molecular flexibility index (Phi) is 3.23. The molecule has 27 heavy (non-hydrogen) atoms. The van der Waals surface area contributed by atoms with E-state index >= 15 is 0 Å². The summed E-state index contributed by atoms with van der Waals surface area (Å²) >= 11 is 0. The predicted molar refractivity (Wildman–Crippen MR) is 84.2 cm³/mol. The van der Waals surface area contributed by atoms with Gasteiger partial charge >= 0.3 is 11.4 Å². The average molecular weight is 372 g/mol. The van der Waals surface area contributed by atoms with Gasteiger partial charge in [-0.05, 0) is 16.4 Å². The predicted octanol–water partition coefficient (Wildman–Crippen LogP) is 1.68. The minimum absolute atomic E-state index is 0.0116. The highest BCUT2D eigenvalue weighted by Gasteiger charge is 2.26. The van der Waals surface area contributed by atoms with Crippen molar-refractivity contribution in [3.05, 3.63) is 54.6 Å². The fourth-order valence-electron chi connectivity index (χ4n) is 2.48. The summed E-state index contributed by atoms with van der Waals surface area (Å²) in [7, 11) is 0. The van der Waals surface area contributed by atoms with Crippen molar-refractivity contribution < 1.29 is 19.4 Å². The molecule has 4 rings (SSSR count). The topological polar surface area (TPSA) is 199 Å². The summed E-state index contributed by atoms with van der Waals surface area (Å²) in [5.74, 6) is 0. The van der Waals surface area contributed by atoms with Crippen LogP contribution in [0, 0.1) is 30.3 Å². The van der Waals surface area contributed by atoms with Crippen LogP contribution in [0.3, 0.4) is 0 Å². The molecular formula is C12H4N8O7. The molecule has 4 aromatic rings. The SMILES string of the molecule is O=[N+]([O-])c1ccc(-n2nc3cc([N+](=O)[O-])c4nonc4c3n2)c([N+](=O)[O-])c1. The van der Waals surface area contributed by atoms with Crippen LogP contribution < -0.4 is 0 Å². The van der Waals surface area contributed by atoms with Crippen molar-refractivity contribution in [2.45, 2.75) is 0 Å². The number of benzene rings is 2. The first kappa shape index (κ1) is 15.9. The van der Waals surface area contributed by atoms with E-state index in [9.17, 15) is 30.3 Å². The number of hydrogen-bond donors (Lipinski definition) is 0. The third kappa shape index (κ3) is 2.37. The Morgan fingerprint density at radius 3 is 2.19 bits per heavy atom.